The Morgan fingerprint density at radius 1 is 1.00 bits per heavy atom. The first-order valence-electron chi connectivity index (χ1n) is 8.44. The molecule has 0 radical (unpaired) electrons. The maximum absolute atomic E-state index is 12.0. The van der Waals surface area contributed by atoms with Crippen molar-refractivity contribution in [2.45, 2.75) is 67.3 Å². The first-order chi connectivity index (χ1) is 10.1. The van der Waals surface area contributed by atoms with Gasteiger partial charge in [0.15, 0.2) is 5.78 Å². The molecule has 0 amide bonds. The second kappa shape index (κ2) is 11.5. The van der Waals surface area contributed by atoms with Crippen molar-refractivity contribution in [3.63, 3.8) is 0 Å². The molecule has 0 bridgehead atoms. The molecular weight excluding hydrogens is 258 g/mol. The number of ketones is 1. The topological polar surface area (TPSA) is 20.3 Å². The molecule has 0 aliphatic carbocycles. The number of Topliss-reactive ketones (excluding diaryl/α,β-unsaturated/α-hetero) is 1. The molecule has 1 aromatic carbocycles. The highest BCUT2D eigenvalue weighted by Gasteiger charge is 2.10. The molecule has 0 aromatic heterocycles. The van der Waals surface area contributed by atoms with E-state index in [9.17, 15) is 4.79 Å². The van der Waals surface area contributed by atoms with Crippen molar-refractivity contribution < 1.29 is 4.79 Å². The summed E-state index contributed by atoms with van der Waals surface area (Å²) in [6, 6.07) is 6.36. The van der Waals surface area contributed by atoms with Crippen LogP contribution in [0.2, 0.25) is 0 Å². The molecule has 0 aliphatic rings. The van der Waals surface area contributed by atoms with E-state index in [1.165, 1.54) is 17.5 Å². The third kappa shape index (κ3) is 6.90. The fraction of sp³-hybridized carbons (Fsp3) is 0.632. The van der Waals surface area contributed by atoms with Gasteiger partial charge in [-0.05, 0) is 36.7 Å². The van der Waals surface area contributed by atoms with Crippen molar-refractivity contribution in [1.82, 2.24) is 4.90 Å². The fourth-order valence-electron chi connectivity index (χ4n) is 2.19. The highest BCUT2D eigenvalue weighted by atomic mass is 16.1. The summed E-state index contributed by atoms with van der Waals surface area (Å²) in [7, 11) is 0. The van der Waals surface area contributed by atoms with Crippen LogP contribution in [0.5, 0.6) is 0 Å². The Bertz CT molecular complexity index is 408. The van der Waals surface area contributed by atoms with Gasteiger partial charge in [0.2, 0.25) is 0 Å². The maximum atomic E-state index is 12.0. The molecule has 0 heterocycles. The van der Waals surface area contributed by atoms with Crippen LogP contribution < -0.4 is 0 Å². The first-order valence-corrected chi connectivity index (χ1v) is 8.44. The second-order valence-electron chi connectivity index (χ2n) is 5.29. The molecule has 0 saturated heterocycles. The zero-order valence-electron chi connectivity index (χ0n) is 14.8. The molecule has 0 aliphatic heterocycles. The quantitative estimate of drug-likeness (QED) is 0.651. The Balaban J connectivity index is 0.00000122. The van der Waals surface area contributed by atoms with Gasteiger partial charge in [0.1, 0.15) is 0 Å². The van der Waals surface area contributed by atoms with Gasteiger partial charge in [-0.15, -0.1) is 0 Å². The van der Waals surface area contributed by atoms with Crippen LogP contribution in [0, 0.1) is 0 Å². The maximum Gasteiger partial charge on any atom is 0.162 e. The van der Waals surface area contributed by atoms with Gasteiger partial charge in [-0.2, -0.15) is 0 Å². The predicted octanol–water partition coefficient (Wildman–Crippen LogP) is 5.10. The number of aryl methyl sites for hydroxylation is 1. The summed E-state index contributed by atoms with van der Waals surface area (Å²) in [5.74, 6) is 0.258. The van der Waals surface area contributed by atoms with E-state index >= 15 is 0 Å². The van der Waals surface area contributed by atoms with E-state index in [2.05, 4.69) is 57.7 Å². The third-order valence-electron chi connectivity index (χ3n) is 3.48. The van der Waals surface area contributed by atoms with Crippen molar-refractivity contribution in [2.75, 3.05) is 13.1 Å². The summed E-state index contributed by atoms with van der Waals surface area (Å²) in [6.45, 7) is 15.6. The fourth-order valence-corrected chi connectivity index (χ4v) is 2.19. The Morgan fingerprint density at radius 2 is 1.57 bits per heavy atom. The number of benzene rings is 1. The first kappa shape index (κ1) is 19.9. The molecule has 1 rings (SSSR count). The highest BCUT2D eigenvalue weighted by Crippen LogP contribution is 2.16. The number of hydrogen-bond donors (Lipinski definition) is 0. The SMILES string of the molecule is CCC.CCC(=O)c1cc(CN(CC)CC)ccc1CC. The van der Waals surface area contributed by atoms with Crippen molar-refractivity contribution in [1.29, 1.82) is 0 Å². The van der Waals surface area contributed by atoms with Gasteiger partial charge in [-0.3, -0.25) is 9.69 Å². The number of rotatable bonds is 7. The third-order valence-corrected chi connectivity index (χ3v) is 3.48. The van der Waals surface area contributed by atoms with Crippen molar-refractivity contribution in [3.05, 3.63) is 34.9 Å². The van der Waals surface area contributed by atoms with Gasteiger partial charge in [-0.1, -0.05) is 60.1 Å². The molecule has 2 heteroatoms. The van der Waals surface area contributed by atoms with E-state index in [0.717, 1.165) is 31.6 Å². The molecular formula is C19H33NO. The summed E-state index contributed by atoms with van der Waals surface area (Å²) >= 11 is 0. The van der Waals surface area contributed by atoms with E-state index in [1.54, 1.807) is 0 Å². The molecule has 0 fully saturated rings. The van der Waals surface area contributed by atoms with Crippen LogP contribution in [0.25, 0.3) is 0 Å². The number of carbonyl (C=O) groups excluding carboxylic acids is 1. The van der Waals surface area contributed by atoms with Gasteiger partial charge in [0.05, 0.1) is 0 Å². The lowest BCUT2D eigenvalue weighted by Gasteiger charge is -2.19. The zero-order valence-corrected chi connectivity index (χ0v) is 14.8. The molecule has 120 valence electrons. The van der Waals surface area contributed by atoms with Crippen molar-refractivity contribution >= 4 is 5.78 Å². The van der Waals surface area contributed by atoms with Crippen LogP contribution in [0.4, 0.5) is 0 Å². The van der Waals surface area contributed by atoms with Gasteiger partial charge >= 0.3 is 0 Å². The summed E-state index contributed by atoms with van der Waals surface area (Å²) in [4.78, 5) is 14.3. The highest BCUT2D eigenvalue weighted by molar-refractivity contribution is 5.97. The van der Waals surface area contributed by atoms with Gasteiger partial charge in [0, 0.05) is 18.5 Å². The molecule has 0 atom stereocenters. The number of hydrogen-bond acceptors (Lipinski definition) is 2. The molecule has 1 aromatic rings. The van der Waals surface area contributed by atoms with E-state index in [4.69, 9.17) is 0 Å². The summed E-state index contributed by atoms with van der Waals surface area (Å²) < 4.78 is 0. The average Bonchev–Trinajstić information content (AvgIpc) is 2.52. The molecule has 0 unspecified atom stereocenters. The zero-order chi connectivity index (χ0) is 16.3. The Labute approximate surface area is 131 Å². The van der Waals surface area contributed by atoms with Gasteiger partial charge < -0.3 is 0 Å². The predicted molar refractivity (Wildman–Crippen MR) is 93.0 cm³/mol. The molecule has 21 heavy (non-hydrogen) atoms. The summed E-state index contributed by atoms with van der Waals surface area (Å²) in [6.07, 6.45) is 2.76. The summed E-state index contributed by atoms with van der Waals surface area (Å²) in [5.41, 5.74) is 3.34. The van der Waals surface area contributed by atoms with Crippen LogP contribution in [0.3, 0.4) is 0 Å². The van der Waals surface area contributed by atoms with Crippen LogP contribution in [0.15, 0.2) is 18.2 Å². The molecule has 0 N–H and O–H groups in total. The average molecular weight is 291 g/mol. The lowest BCUT2D eigenvalue weighted by molar-refractivity contribution is 0.0987. The van der Waals surface area contributed by atoms with E-state index < -0.39 is 0 Å². The Morgan fingerprint density at radius 3 is 2.00 bits per heavy atom. The van der Waals surface area contributed by atoms with E-state index in [-0.39, 0.29) is 5.78 Å². The van der Waals surface area contributed by atoms with E-state index in [1.807, 2.05) is 6.92 Å². The smallest absolute Gasteiger partial charge is 0.162 e. The van der Waals surface area contributed by atoms with Crippen molar-refractivity contribution in [3.8, 4) is 0 Å². The number of carbonyl (C=O) groups is 1. The normalized spacial score (nSPS) is 10.2. The standard InChI is InChI=1S/C16H25NO.C3H8/c1-5-14-10-9-13(12-17(7-3)8-4)11-15(14)16(18)6-2;1-3-2/h9-11H,5-8,12H2,1-4H3;3H2,1-2H3. The van der Waals surface area contributed by atoms with Crippen molar-refractivity contribution in [2.24, 2.45) is 0 Å². The molecule has 0 spiro atoms. The lowest BCUT2D eigenvalue weighted by atomic mass is 9.97. The van der Waals surface area contributed by atoms with Gasteiger partial charge in [-0.25, -0.2) is 0 Å². The van der Waals surface area contributed by atoms with E-state index in [0.29, 0.717) is 6.42 Å². The van der Waals surface area contributed by atoms with Crippen LogP contribution >= 0.6 is 0 Å². The second-order valence-corrected chi connectivity index (χ2v) is 5.29. The Kier molecular flexibility index (Phi) is 10.9. The minimum absolute atomic E-state index is 0.258. The lowest BCUT2D eigenvalue weighted by Crippen LogP contribution is -2.22. The van der Waals surface area contributed by atoms with Crippen LogP contribution in [-0.4, -0.2) is 23.8 Å². The largest absolute Gasteiger partial charge is 0.300 e. The molecule has 0 saturated carbocycles. The summed E-state index contributed by atoms with van der Waals surface area (Å²) in [5, 5.41) is 0. The van der Waals surface area contributed by atoms with Crippen LogP contribution in [-0.2, 0) is 13.0 Å². The molecule has 2 nitrogen and oxygen atoms in total. The minimum atomic E-state index is 0.258. The minimum Gasteiger partial charge on any atom is -0.300 e. The number of nitrogens with zero attached hydrogens (tertiary/aromatic N) is 1. The monoisotopic (exact) mass is 291 g/mol. The van der Waals surface area contributed by atoms with Crippen LogP contribution in [0.1, 0.15) is 75.9 Å². The Hall–Kier alpha value is -1.15. The van der Waals surface area contributed by atoms with Gasteiger partial charge in [0.25, 0.3) is 0 Å².